The van der Waals surface area contributed by atoms with E-state index >= 15 is 0 Å². The third-order valence-electron chi connectivity index (χ3n) is 4.90. The highest BCUT2D eigenvalue weighted by molar-refractivity contribution is 6.13. The third-order valence-corrected chi connectivity index (χ3v) is 4.90. The minimum atomic E-state index is -0.805. The van der Waals surface area contributed by atoms with E-state index in [0.717, 1.165) is 5.56 Å². The lowest BCUT2D eigenvalue weighted by atomic mass is 9.95. The minimum absolute atomic E-state index is 0.253. The molecule has 0 spiro atoms. The average Bonchev–Trinajstić information content (AvgIpc) is 2.72. The van der Waals surface area contributed by atoms with Crippen molar-refractivity contribution in [2.75, 3.05) is 25.5 Å². The number of anilines is 1. The summed E-state index contributed by atoms with van der Waals surface area (Å²) in [6, 6.07) is 11.8. The van der Waals surface area contributed by atoms with Crippen LogP contribution in [0.4, 0.5) is 5.69 Å². The number of aromatic nitrogens is 1. The van der Waals surface area contributed by atoms with Crippen LogP contribution in [-0.4, -0.2) is 36.9 Å². The molecule has 0 fully saturated rings. The summed E-state index contributed by atoms with van der Waals surface area (Å²) in [7, 11) is 1.92. The molecule has 148 valence electrons. The molecular formula is C21H26N4O3. The highest BCUT2D eigenvalue weighted by Gasteiger charge is 2.34. The summed E-state index contributed by atoms with van der Waals surface area (Å²) >= 11 is 0. The third kappa shape index (κ3) is 4.31. The summed E-state index contributed by atoms with van der Waals surface area (Å²) in [5, 5.41) is 9.16. The molecule has 0 saturated carbocycles. The van der Waals surface area contributed by atoms with Crippen LogP contribution in [0, 0.1) is 5.92 Å². The number of nitrogens with one attached hydrogen (secondary N) is 3. The molecule has 1 amide bonds. The normalized spacial score (nSPS) is 16.7. The number of carbonyl (C=O) groups excluding carboxylic acids is 2. The zero-order valence-corrected chi connectivity index (χ0v) is 16.4. The summed E-state index contributed by atoms with van der Waals surface area (Å²) in [4.78, 5) is 29.6. The van der Waals surface area contributed by atoms with E-state index in [1.54, 1.807) is 12.1 Å². The first-order chi connectivity index (χ1) is 13.5. The molecule has 0 aliphatic carbocycles. The van der Waals surface area contributed by atoms with Gasteiger partial charge in [0.15, 0.2) is 5.78 Å². The van der Waals surface area contributed by atoms with Gasteiger partial charge in [-0.2, -0.15) is 0 Å². The van der Waals surface area contributed by atoms with E-state index in [2.05, 4.69) is 27.9 Å². The number of rotatable bonds is 7. The van der Waals surface area contributed by atoms with Crippen LogP contribution in [0.1, 0.15) is 41.5 Å². The summed E-state index contributed by atoms with van der Waals surface area (Å²) in [6.45, 7) is 5.02. The molecule has 1 aromatic carbocycles. The molecule has 1 aliphatic rings. The SMILES string of the molecule is CCOc1ccc2c(n1)C(=O)C(C(=O)NCc1ccc(C(C)NC)cc1)CN2. The molecule has 2 heterocycles. The summed E-state index contributed by atoms with van der Waals surface area (Å²) in [5.74, 6) is -1.01. The van der Waals surface area contributed by atoms with Crippen molar-refractivity contribution >= 4 is 17.4 Å². The fourth-order valence-electron chi connectivity index (χ4n) is 3.08. The van der Waals surface area contributed by atoms with Gasteiger partial charge in [-0.3, -0.25) is 9.59 Å². The zero-order chi connectivity index (χ0) is 20.1. The van der Waals surface area contributed by atoms with Crippen molar-refractivity contribution in [1.29, 1.82) is 0 Å². The van der Waals surface area contributed by atoms with Crippen LogP contribution in [0.25, 0.3) is 0 Å². The highest BCUT2D eigenvalue weighted by atomic mass is 16.5. The molecule has 2 aromatic rings. The minimum Gasteiger partial charge on any atom is -0.478 e. The number of hydrogen-bond donors (Lipinski definition) is 3. The Bertz CT molecular complexity index is 851. The van der Waals surface area contributed by atoms with Crippen molar-refractivity contribution in [1.82, 2.24) is 15.6 Å². The van der Waals surface area contributed by atoms with Gasteiger partial charge in [-0.05, 0) is 38.1 Å². The van der Waals surface area contributed by atoms with Gasteiger partial charge in [0.25, 0.3) is 0 Å². The second-order valence-corrected chi connectivity index (χ2v) is 6.75. The van der Waals surface area contributed by atoms with Crippen molar-refractivity contribution in [3.8, 4) is 5.88 Å². The van der Waals surface area contributed by atoms with Gasteiger partial charge in [-0.25, -0.2) is 4.98 Å². The Balaban J connectivity index is 1.63. The standard InChI is InChI=1S/C21H26N4O3/c1-4-28-18-10-9-17-19(25-18)20(26)16(12-23-17)21(27)24-11-14-5-7-15(8-6-14)13(2)22-3/h5-10,13,16,22-23H,4,11-12H2,1-3H3,(H,24,27). The number of ketones is 1. The van der Waals surface area contributed by atoms with Crippen LogP contribution in [0.15, 0.2) is 36.4 Å². The van der Waals surface area contributed by atoms with E-state index in [0.29, 0.717) is 24.7 Å². The lowest BCUT2D eigenvalue weighted by Gasteiger charge is -2.23. The maximum atomic E-state index is 12.8. The number of Topliss-reactive ketones (excluding diaryl/α,β-unsaturated/α-hetero) is 1. The number of fused-ring (bicyclic) bond motifs is 1. The van der Waals surface area contributed by atoms with Gasteiger partial charge in [0.05, 0.1) is 12.3 Å². The molecule has 2 atom stereocenters. The molecule has 3 N–H and O–H groups in total. The Morgan fingerprint density at radius 3 is 2.71 bits per heavy atom. The Labute approximate surface area is 164 Å². The fraction of sp³-hybridized carbons (Fsp3) is 0.381. The Morgan fingerprint density at radius 2 is 2.04 bits per heavy atom. The predicted octanol–water partition coefficient (Wildman–Crippen LogP) is 2.30. The van der Waals surface area contributed by atoms with Gasteiger partial charge in [-0.1, -0.05) is 24.3 Å². The quantitative estimate of drug-likeness (QED) is 0.637. The molecule has 0 bridgehead atoms. The Kier molecular flexibility index (Phi) is 6.26. The topological polar surface area (TPSA) is 92.3 Å². The molecule has 7 nitrogen and oxygen atoms in total. The first-order valence-corrected chi connectivity index (χ1v) is 9.49. The Hall–Kier alpha value is -2.93. The maximum Gasteiger partial charge on any atom is 0.233 e. The van der Waals surface area contributed by atoms with Gasteiger partial charge in [-0.15, -0.1) is 0 Å². The largest absolute Gasteiger partial charge is 0.478 e. The maximum absolute atomic E-state index is 12.8. The summed E-state index contributed by atoms with van der Waals surface area (Å²) in [5.41, 5.74) is 3.04. The van der Waals surface area contributed by atoms with Crippen molar-refractivity contribution in [2.24, 2.45) is 5.92 Å². The van der Waals surface area contributed by atoms with E-state index in [1.807, 2.05) is 38.2 Å². The fourth-order valence-corrected chi connectivity index (χ4v) is 3.08. The van der Waals surface area contributed by atoms with Crippen molar-refractivity contribution < 1.29 is 14.3 Å². The van der Waals surface area contributed by atoms with Gasteiger partial charge in [0.2, 0.25) is 11.8 Å². The van der Waals surface area contributed by atoms with E-state index < -0.39 is 5.92 Å². The molecule has 2 unspecified atom stereocenters. The molecule has 3 rings (SSSR count). The van der Waals surface area contributed by atoms with Gasteiger partial charge in [0, 0.05) is 25.2 Å². The van der Waals surface area contributed by atoms with Crippen LogP contribution < -0.4 is 20.7 Å². The van der Waals surface area contributed by atoms with Gasteiger partial charge in [0.1, 0.15) is 11.6 Å². The van der Waals surface area contributed by atoms with Gasteiger partial charge < -0.3 is 20.7 Å². The second kappa shape index (κ2) is 8.84. The van der Waals surface area contributed by atoms with Crippen LogP contribution >= 0.6 is 0 Å². The summed E-state index contributed by atoms with van der Waals surface area (Å²) in [6.07, 6.45) is 0. The summed E-state index contributed by atoms with van der Waals surface area (Å²) < 4.78 is 5.36. The van der Waals surface area contributed by atoms with Crippen LogP contribution in [0.3, 0.4) is 0 Å². The van der Waals surface area contributed by atoms with Crippen molar-refractivity contribution in [3.05, 3.63) is 53.2 Å². The number of pyridine rings is 1. The van der Waals surface area contributed by atoms with Crippen LogP contribution in [0.2, 0.25) is 0 Å². The van der Waals surface area contributed by atoms with E-state index in [1.165, 1.54) is 5.56 Å². The lowest BCUT2D eigenvalue weighted by Crippen LogP contribution is -2.42. The molecule has 1 aromatic heterocycles. The van der Waals surface area contributed by atoms with Gasteiger partial charge >= 0.3 is 0 Å². The number of ether oxygens (including phenoxy) is 1. The first kappa shape index (κ1) is 19.8. The number of hydrogen-bond acceptors (Lipinski definition) is 6. The number of carbonyl (C=O) groups is 2. The highest BCUT2D eigenvalue weighted by Crippen LogP contribution is 2.26. The lowest BCUT2D eigenvalue weighted by molar-refractivity contribution is -0.123. The number of amides is 1. The number of nitrogens with zero attached hydrogens (tertiary/aromatic N) is 1. The molecular weight excluding hydrogens is 356 g/mol. The van der Waals surface area contributed by atoms with Crippen LogP contribution in [0.5, 0.6) is 5.88 Å². The predicted molar refractivity (Wildman–Crippen MR) is 107 cm³/mol. The molecule has 0 saturated heterocycles. The zero-order valence-electron chi connectivity index (χ0n) is 16.4. The van der Waals surface area contributed by atoms with Crippen molar-refractivity contribution in [3.63, 3.8) is 0 Å². The monoisotopic (exact) mass is 382 g/mol. The molecule has 28 heavy (non-hydrogen) atoms. The molecule has 1 aliphatic heterocycles. The number of benzene rings is 1. The Morgan fingerprint density at radius 1 is 1.29 bits per heavy atom. The van der Waals surface area contributed by atoms with E-state index in [-0.39, 0.29) is 30.0 Å². The smallest absolute Gasteiger partial charge is 0.233 e. The van der Waals surface area contributed by atoms with Crippen LogP contribution in [-0.2, 0) is 11.3 Å². The molecule has 7 heteroatoms. The second-order valence-electron chi connectivity index (χ2n) is 6.75. The molecule has 0 radical (unpaired) electrons. The first-order valence-electron chi connectivity index (χ1n) is 9.49. The van der Waals surface area contributed by atoms with Crippen molar-refractivity contribution in [2.45, 2.75) is 26.4 Å². The van der Waals surface area contributed by atoms with E-state index in [4.69, 9.17) is 4.74 Å². The van der Waals surface area contributed by atoms with E-state index in [9.17, 15) is 9.59 Å². The average molecular weight is 382 g/mol.